The van der Waals surface area contributed by atoms with Crippen molar-refractivity contribution in [3.63, 3.8) is 0 Å². The van der Waals surface area contributed by atoms with Crippen molar-refractivity contribution in [3.05, 3.63) is 65.2 Å². The summed E-state index contributed by atoms with van der Waals surface area (Å²) in [6.45, 7) is 4.18. The highest BCUT2D eigenvalue weighted by molar-refractivity contribution is 6.32. The lowest BCUT2D eigenvalue weighted by atomic mass is 9.81. The number of fused-ring (bicyclic) bond motifs is 4. The Bertz CT molecular complexity index is 1380. The number of rotatable bonds is 2. The van der Waals surface area contributed by atoms with E-state index in [2.05, 4.69) is 47.5 Å². The van der Waals surface area contributed by atoms with Gasteiger partial charge in [0.25, 0.3) is 0 Å². The number of benzene rings is 3. The average Bonchev–Trinajstić information content (AvgIpc) is 2.81. The topological polar surface area (TPSA) is 45.2 Å². The lowest BCUT2D eigenvalue weighted by Gasteiger charge is -2.32. The van der Waals surface area contributed by atoms with E-state index in [1.165, 1.54) is 24.8 Å². The second-order valence-electron chi connectivity index (χ2n) is 8.72. The number of aryl methyl sites for hydroxylation is 1. The van der Waals surface area contributed by atoms with E-state index >= 15 is 0 Å². The number of nitrogens with zero attached hydrogens (tertiary/aromatic N) is 2. The molecule has 0 radical (unpaired) electrons. The molecule has 1 N–H and O–H groups in total. The normalized spacial score (nSPS) is 15.4. The maximum atomic E-state index is 13.7. The van der Waals surface area contributed by atoms with Crippen molar-refractivity contribution in [3.8, 4) is 11.1 Å². The van der Waals surface area contributed by atoms with E-state index in [-0.39, 0.29) is 5.78 Å². The number of pyridine rings is 1. The number of aromatic nitrogens is 1. The van der Waals surface area contributed by atoms with Crippen LogP contribution in [0.4, 0.5) is 11.4 Å². The molecule has 4 aromatic rings. The number of anilines is 2. The first-order valence-electron chi connectivity index (χ1n) is 11.2. The van der Waals surface area contributed by atoms with E-state index in [4.69, 9.17) is 4.98 Å². The molecule has 1 aliphatic heterocycles. The van der Waals surface area contributed by atoms with Gasteiger partial charge in [0.15, 0.2) is 5.78 Å². The molecule has 31 heavy (non-hydrogen) atoms. The van der Waals surface area contributed by atoms with Crippen molar-refractivity contribution >= 4 is 39.0 Å². The lowest BCUT2D eigenvalue weighted by Crippen LogP contribution is -2.30. The van der Waals surface area contributed by atoms with Crippen molar-refractivity contribution in [1.82, 2.24) is 4.98 Å². The fourth-order valence-corrected chi connectivity index (χ4v) is 5.34. The highest BCUT2D eigenvalue weighted by atomic mass is 16.1. The largest absolute Gasteiger partial charge is 0.387 e. The third-order valence-corrected chi connectivity index (χ3v) is 6.82. The average molecular weight is 408 g/mol. The summed E-state index contributed by atoms with van der Waals surface area (Å²) in [5.41, 5.74) is 8.84. The Morgan fingerprint density at radius 3 is 2.48 bits per heavy atom. The first-order valence-corrected chi connectivity index (χ1v) is 11.2. The molecule has 1 saturated heterocycles. The number of piperidine rings is 1. The number of carbonyl (C=O) groups is 1. The van der Waals surface area contributed by atoms with Gasteiger partial charge in [-0.15, -0.1) is 0 Å². The van der Waals surface area contributed by atoms with Gasteiger partial charge in [-0.05, 0) is 49.9 Å². The van der Waals surface area contributed by atoms with Gasteiger partial charge in [0.1, 0.15) is 0 Å². The summed E-state index contributed by atoms with van der Waals surface area (Å²) < 4.78 is 0. The van der Waals surface area contributed by atoms with Crippen LogP contribution in [0, 0.1) is 6.92 Å². The minimum absolute atomic E-state index is 0.0800. The minimum Gasteiger partial charge on any atom is -0.387 e. The summed E-state index contributed by atoms with van der Waals surface area (Å²) in [4.78, 5) is 21.3. The molecule has 0 atom stereocenters. The van der Waals surface area contributed by atoms with Crippen molar-refractivity contribution in [2.75, 3.05) is 30.4 Å². The maximum absolute atomic E-state index is 13.7. The van der Waals surface area contributed by atoms with Gasteiger partial charge >= 0.3 is 0 Å². The fourth-order valence-electron chi connectivity index (χ4n) is 5.34. The van der Waals surface area contributed by atoms with Crippen molar-refractivity contribution in [2.45, 2.75) is 26.2 Å². The Morgan fingerprint density at radius 1 is 0.935 bits per heavy atom. The summed E-state index contributed by atoms with van der Waals surface area (Å²) in [5.74, 6) is 0.0800. The second-order valence-corrected chi connectivity index (χ2v) is 8.72. The zero-order chi connectivity index (χ0) is 21.1. The van der Waals surface area contributed by atoms with Gasteiger partial charge in [-0.2, -0.15) is 0 Å². The molecule has 0 saturated carbocycles. The van der Waals surface area contributed by atoms with Gasteiger partial charge in [-0.1, -0.05) is 35.9 Å². The Morgan fingerprint density at radius 2 is 1.71 bits per heavy atom. The van der Waals surface area contributed by atoms with Crippen molar-refractivity contribution < 1.29 is 4.79 Å². The monoisotopic (exact) mass is 407 g/mol. The molecular weight excluding hydrogens is 382 g/mol. The van der Waals surface area contributed by atoms with Gasteiger partial charge in [0.2, 0.25) is 0 Å². The van der Waals surface area contributed by atoms with E-state index in [1.807, 2.05) is 25.2 Å². The number of nitrogens with one attached hydrogen (secondary N) is 1. The van der Waals surface area contributed by atoms with Crippen LogP contribution in [0.1, 0.15) is 40.7 Å². The van der Waals surface area contributed by atoms with Gasteiger partial charge in [-0.25, -0.2) is 4.98 Å². The molecule has 0 unspecified atom stereocenters. The molecule has 0 spiro atoms. The van der Waals surface area contributed by atoms with Crippen LogP contribution >= 0.6 is 0 Å². The van der Waals surface area contributed by atoms with Crippen LogP contribution in [-0.4, -0.2) is 30.9 Å². The first kappa shape index (κ1) is 18.4. The zero-order valence-corrected chi connectivity index (χ0v) is 18.0. The molecule has 4 heteroatoms. The van der Waals surface area contributed by atoms with Gasteiger partial charge in [-0.3, -0.25) is 4.79 Å². The van der Waals surface area contributed by atoms with Crippen LogP contribution in [0.3, 0.4) is 0 Å². The molecule has 1 aliphatic carbocycles. The molecule has 1 fully saturated rings. The third kappa shape index (κ3) is 2.61. The maximum Gasteiger partial charge on any atom is 0.196 e. The fraction of sp³-hybridized carbons (Fsp3) is 0.259. The second kappa shape index (κ2) is 6.81. The van der Waals surface area contributed by atoms with Gasteiger partial charge in [0.05, 0.1) is 22.3 Å². The summed E-state index contributed by atoms with van der Waals surface area (Å²) in [7, 11) is 1.91. The molecule has 2 aliphatic rings. The molecule has 1 aromatic heterocycles. The van der Waals surface area contributed by atoms with Crippen LogP contribution in [0.25, 0.3) is 32.9 Å². The predicted molar refractivity (Wildman–Crippen MR) is 128 cm³/mol. The van der Waals surface area contributed by atoms with E-state index in [9.17, 15) is 4.79 Å². The van der Waals surface area contributed by atoms with Crippen LogP contribution in [0.2, 0.25) is 0 Å². The number of ketones is 1. The zero-order valence-electron chi connectivity index (χ0n) is 18.0. The summed E-state index contributed by atoms with van der Waals surface area (Å²) in [5, 5.41) is 5.44. The number of carbonyl (C=O) groups excluding carboxylic acids is 1. The SMILES string of the molecule is CNc1cc(N2CCCCC2)c2nc3ccc(C)cc3c3c2c1C(=O)c1ccccc1-3. The molecule has 6 rings (SSSR count). The summed E-state index contributed by atoms with van der Waals surface area (Å²) in [6, 6.07) is 16.6. The van der Waals surface area contributed by atoms with E-state index in [0.29, 0.717) is 0 Å². The predicted octanol–water partition coefficient (Wildman–Crippen LogP) is 5.94. The van der Waals surface area contributed by atoms with E-state index in [0.717, 1.165) is 68.5 Å². The molecule has 154 valence electrons. The van der Waals surface area contributed by atoms with E-state index in [1.54, 1.807) is 0 Å². The quantitative estimate of drug-likeness (QED) is 0.368. The van der Waals surface area contributed by atoms with Crippen LogP contribution in [0.5, 0.6) is 0 Å². The molecule has 3 aromatic carbocycles. The Hall–Kier alpha value is -3.40. The van der Waals surface area contributed by atoms with Crippen LogP contribution in [0.15, 0.2) is 48.5 Å². The number of hydrogen-bond donors (Lipinski definition) is 1. The Balaban J connectivity index is 1.84. The third-order valence-electron chi connectivity index (χ3n) is 6.82. The lowest BCUT2D eigenvalue weighted by molar-refractivity contribution is 0.104. The molecule has 2 heterocycles. The van der Waals surface area contributed by atoms with Gasteiger partial charge < -0.3 is 10.2 Å². The van der Waals surface area contributed by atoms with Crippen molar-refractivity contribution in [1.29, 1.82) is 0 Å². The van der Waals surface area contributed by atoms with Crippen LogP contribution in [-0.2, 0) is 0 Å². The number of hydrogen-bond acceptors (Lipinski definition) is 4. The minimum atomic E-state index is 0.0800. The Kier molecular flexibility index (Phi) is 4.04. The summed E-state index contributed by atoms with van der Waals surface area (Å²) >= 11 is 0. The van der Waals surface area contributed by atoms with Crippen LogP contribution < -0.4 is 10.2 Å². The Labute approximate surface area is 181 Å². The molecular formula is C27H25N3O. The van der Waals surface area contributed by atoms with Gasteiger partial charge in [0, 0.05) is 47.7 Å². The molecule has 0 bridgehead atoms. The molecule has 0 amide bonds. The first-order chi connectivity index (χ1) is 15.2. The highest BCUT2D eigenvalue weighted by Crippen LogP contribution is 2.48. The smallest absolute Gasteiger partial charge is 0.196 e. The standard InChI is InChI=1S/C27H25N3O/c1-16-10-11-20-19(14-16)23-17-8-4-5-9-18(17)27(31)24-21(28-2)15-22(26(29-20)25(23)24)30-12-6-3-7-13-30/h4-5,8-11,14-15,28H,3,6-7,12-13H2,1-2H3. The van der Waals surface area contributed by atoms with Crippen molar-refractivity contribution in [2.24, 2.45) is 0 Å². The highest BCUT2D eigenvalue weighted by Gasteiger charge is 2.32. The van der Waals surface area contributed by atoms with E-state index < -0.39 is 0 Å². The summed E-state index contributed by atoms with van der Waals surface area (Å²) in [6.07, 6.45) is 3.66. The molecule has 4 nitrogen and oxygen atoms in total.